The number of hydrogen-bond acceptors (Lipinski definition) is 2. The molecule has 4 nitrogen and oxygen atoms in total. The molecule has 0 saturated carbocycles. The molecular weight excluding hydrogens is 348 g/mol. The van der Waals surface area contributed by atoms with Gasteiger partial charge in [-0.25, -0.2) is 0 Å². The van der Waals surface area contributed by atoms with E-state index >= 15 is 0 Å². The summed E-state index contributed by atoms with van der Waals surface area (Å²) in [6.45, 7) is 2.76. The molecule has 2 amide bonds. The smallest absolute Gasteiger partial charge is 0.258 e. The van der Waals surface area contributed by atoms with Gasteiger partial charge in [0, 0.05) is 29.0 Å². The van der Waals surface area contributed by atoms with Crippen LogP contribution in [-0.2, 0) is 0 Å². The molecule has 0 aliphatic carbocycles. The molecule has 28 heavy (non-hydrogen) atoms. The van der Waals surface area contributed by atoms with Gasteiger partial charge in [-0.3, -0.25) is 9.59 Å². The van der Waals surface area contributed by atoms with Gasteiger partial charge in [0.1, 0.15) is 0 Å². The van der Waals surface area contributed by atoms with Gasteiger partial charge in [0.2, 0.25) is 0 Å². The zero-order chi connectivity index (χ0) is 19.8. The van der Waals surface area contributed by atoms with Crippen LogP contribution in [0.15, 0.2) is 84.9 Å². The van der Waals surface area contributed by atoms with Crippen molar-refractivity contribution >= 4 is 23.2 Å². The van der Waals surface area contributed by atoms with Crippen molar-refractivity contribution in [2.24, 2.45) is 0 Å². The van der Waals surface area contributed by atoms with Crippen LogP contribution in [0.4, 0.5) is 11.4 Å². The van der Waals surface area contributed by atoms with Crippen LogP contribution in [0.2, 0.25) is 0 Å². The number of carbonyl (C=O) groups excluding carboxylic acids is 2. The summed E-state index contributed by atoms with van der Waals surface area (Å²) in [6.07, 6.45) is 1.93. The van der Waals surface area contributed by atoms with E-state index in [2.05, 4.69) is 12.2 Å². The maximum absolute atomic E-state index is 13.2. The number of unbranched alkanes of at least 4 members (excludes halogenated alkanes) is 1. The second-order valence-corrected chi connectivity index (χ2v) is 6.55. The first-order valence-corrected chi connectivity index (χ1v) is 9.52. The molecule has 142 valence electrons. The fourth-order valence-corrected chi connectivity index (χ4v) is 2.95. The van der Waals surface area contributed by atoms with Crippen molar-refractivity contribution < 1.29 is 9.59 Å². The molecule has 4 heteroatoms. The lowest BCUT2D eigenvalue weighted by molar-refractivity contribution is 0.0984. The second kappa shape index (κ2) is 9.51. The van der Waals surface area contributed by atoms with E-state index in [-0.39, 0.29) is 11.8 Å². The third-order valence-electron chi connectivity index (χ3n) is 4.45. The first kappa shape index (κ1) is 19.4. The van der Waals surface area contributed by atoms with Gasteiger partial charge < -0.3 is 10.2 Å². The fourth-order valence-electron chi connectivity index (χ4n) is 2.95. The minimum atomic E-state index is -0.198. The molecule has 3 aromatic rings. The number of amides is 2. The number of nitrogens with zero attached hydrogens (tertiary/aromatic N) is 1. The zero-order valence-corrected chi connectivity index (χ0v) is 16.0. The Hall–Kier alpha value is -3.40. The summed E-state index contributed by atoms with van der Waals surface area (Å²) in [5.74, 6) is -0.272. The van der Waals surface area contributed by atoms with E-state index in [1.807, 2.05) is 48.5 Å². The van der Waals surface area contributed by atoms with Crippen molar-refractivity contribution in [2.45, 2.75) is 19.8 Å². The highest BCUT2D eigenvalue weighted by Gasteiger charge is 2.18. The van der Waals surface area contributed by atoms with E-state index in [1.165, 1.54) is 0 Å². The molecule has 0 atom stereocenters. The zero-order valence-electron chi connectivity index (χ0n) is 16.0. The SMILES string of the molecule is CCCCN(C(=O)c1cccc(NC(=O)c2ccccc2)c1)c1ccccc1. The summed E-state index contributed by atoms with van der Waals surface area (Å²) < 4.78 is 0. The predicted molar refractivity (Wildman–Crippen MR) is 114 cm³/mol. The van der Waals surface area contributed by atoms with Crippen molar-refractivity contribution in [2.75, 3.05) is 16.8 Å². The van der Waals surface area contributed by atoms with Gasteiger partial charge in [-0.1, -0.05) is 55.8 Å². The molecule has 0 radical (unpaired) electrons. The lowest BCUT2D eigenvalue weighted by Crippen LogP contribution is -2.32. The number of carbonyl (C=O) groups is 2. The number of benzene rings is 3. The van der Waals surface area contributed by atoms with Crippen LogP contribution in [0.5, 0.6) is 0 Å². The van der Waals surface area contributed by atoms with Crippen molar-refractivity contribution in [3.05, 3.63) is 96.1 Å². The minimum absolute atomic E-state index is 0.0736. The third kappa shape index (κ3) is 4.86. The van der Waals surface area contributed by atoms with Gasteiger partial charge in [0.15, 0.2) is 0 Å². The summed E-state index contributed by atoms with van der Waals surface area (Å²) in [5, 5.41) is 2.87. The fraction of sp³-hybridized carbons (Fsp3) is 0.167. The number of hydrogen-bond donors (Lipinski definition) is 1. The van der Waals surface area contributed by atoms with Gasteiger partial charge in [-0.05, 0) is 48.9 Å². The van der Waals surface area contributed by atoms with E-state index in [1.54, 1.807) is 41.3 Å². The Bertz CT molecular complexity index is 924. The predicted octanol–water partition coefficient (Wildman–Crippen LogP) is 5.39. The van der Waals surface area contributed by atoms with Crippen LogP contribution >= 0.6 is 0 Å². The lowest BCUT2D eigenvalue weighted by Gasteiger charge is -2.23. The Balaban J connectivity index is 1.81. The van der Waals surface area contributed by atoms with Gasteiger partial charge in [0.25, 0.3) is 11.8 Å². The quantitative estimate of drug-likeness (QED) is 0.605. The Morgan fingerprint density at radius 2 is 1.46 bits per heavy atom. The first-order chi connectivity index (χ1) is 13.7. The third-order valence-corrected chi connectivity index (χ3v) is 4.45. The van der Waals surface area contributed by atoms with E-state index < -0.39 is 0 Å². The number of rotatable bonds is 7. The topological polar surface area (TPSA) is 49.4 Å². The van der Waals surface area contributed by atoms with Gasteiger partial charge in [-0.2, -0.15) is 0 Å². The molecule has 0 unspecified atom stereocenters. The molecule has 3 aromatic carbocycles. The van der Waals surface area contributed by atoms with Crippen molar-refractivity contribution in [1.82, 2.24) is 0 Å². The summed E-state index contributed by atoms with van der Waals surface area (Å²) in [5.41, 5.74) is 2.60. The van der Waals surface area contributed by atoms with Gasteiger partial charge in [-0.15, -0.1) is 0 Å². The van der Waals surface area contributed by atoms with Crippen LogP contribution in [0.3, 0.4) is 0 Å². The van der Waals surface area contributed by atoms with Gasteiger partial charge >= 0.3 is 0 Å². The summed E-state index contributed by atoms with van der Waals surface area (Å²) in [7, 11) is 0. The van der Waals surface area contributed by atoms with Crippen molar-refractivity contribution in [3.63, 3.8) is 0 Å². The van der Waals surface area contributed by atoms with Crippen molar-refractivity contribution in [1.29, 1.82) is 0 Å². The van der Waals surface area contributed by atoms with E-state index in [0.717, 1.165) is 18.5 Å². The molecule has 0 bridgehead atoms. The first-order valence-electron chi connectivity index (χ1n) is 9.52. The molecule has 0 aromatic heterocycles. The molecular formula is C24H24N2O2. The Labute approximate surface area is 165 Å². The second-order valence-electron chi connectivity index (χ2n) is 6.55. The monoisotopic (exact) mass is 372 g/mol. The molecule has 0 aliphatic rings. The molecule has 1 N–H and O–H groups in total. The van der Waals surface area contributed by atoms with E-state index in [9.17, 15) is 9.59 Å². The number of nitrogens with one attached hydrogen (secondary N) is 1. The Morgan fingerprint density at radius 1 is 0.821 bits per heavy atom. The maximum atomic E-state index is 13.2. The molecule has 0 fully saturated rings. The number of anilines is 2. The molecule has 3 rings (SSSR count). The van der Waals surface area contributed by atoms with Crippen molar-refractivity contribution in [3.8, 4) is 0 Å². The highest BCUT2D eigenvalue weighted by atomic mass is 16.2. The Morgan fingerprint density at radius 3 is 2.14 bits per heavy atom. The van der Waals surface area contributed by atoms with Crippen LogP contribution in [-0.4, -0.2) is 18.4 Å². The van der Waals surface area contributed by atoms with Crippen LogP contribution in [0.25, 0.3) is 0 Å². The summed E-state index contributed by atoms with van der Waals surface area (Å²) >= 11 is 0. The van der Waals surface area contributed by atoms with Crippen LogP contribution < -0.4 is 10.2 Å². The molecule has 0 saturated heterocycles. The van der Waals surface area contributed by atoms with Crippen LogP contribution in [0, 0.1) is 0 Å². The maximum Gasteiger partial charge on any atom is 0.258 e. The largest absolute Gasteiger partial charge is 0.322 e. The van der Waals surface area contributed by atoms with E-state index in [4.69, 9.17) is 0 Å². The average molecular weight is 372 g/mol. The highest BCUT2D eigenvalue weighted by Crippen LogP contribution is 2.20. The number of para-hydroxylation sites is 1. The average Bonchev–Trinajstić information content (AvgIpc) is 2.75. The van der Waals surface area contributed by atoms with Crippen LogP contribution in [0.1, 0.15) is 40.5 Å². The standard InChI is InChI=1S/C24H24N2O2/c1-2-3-17-26(22-15-8-5-9-16-22)24(28)20-13-10-14-21(18-20)25-23(27)19-11-6-4-7-12-19/h4-16,18H,2-3,17H2,1H3,(H,25,27). The molecule has 0 aliphatic heterocycles. The molecule has 0 heterocycles. The van der Waals surface area contributed by atoms with Gasteiger partial charge in [0.05, 0.1) is 0 Å². The minimum Gasteiger partial charge on any atom is -0.322 e. The lowest BCUT2D eigenvalue weighted by atomic mass is 10.1. The summed E-state index contributed by atoms with van der Waals surface area (Å²) in [4.78, 5) is 27.4. The normalized spacial score (nSPS) is 10.3. The summed E-state index contributed by atoms with van der Waals surface area (Å²) in [6, 6.07) is 25.8. The highest BCUT2D eigenvalue weighted by molar-refractivity contribution is 6.08. The van der Waals surface area contributed by atoms with E-state index in [0.29, 0.717) is 23.4 Å². The Kier molecular flexibility index (Phi) is 6.58. The molecule has 0 spiro atoms.